The molecule has 0 atom stereocenters. The molecule has 60 valence electrons. The van der Waals surface area contributed by atoms with Crippen LogP contribution in [0.15, 0.2) is 18.7 Å². The number of hydrogen-bond donors (Lipinski definition) is 0. The van der Waals surface area contributed by atoms with Crippen LogP contribution in [0.5, 0.6) is 0 Å². The predicted molar refractivity (Wildman–Crippen MR) is 39.5 cm³/mol. The Morgan fingerprint density at radius 2 is 2.17 bits per heavy atom. The highest BCUT2D eigenvalue weighted by Gasteiger charge is 1.97. The summed E-state index contributed by atoms with van der Waals surface area (Å²) in [5, 5.41) is 10.6. The van der Waals surface area contributed by atoms with Crippen molar-refractivity contribution in [3.05, 3.63) is 24.4 Å². The molecule has 0 aromatic carbocycles. The summed E-state index contributed by atoms with van der Waals surface area (Å²) >= 11 is 0. The third-order valence-electron chi connectivity index (χ3n) is 1.35. The molecule has 2 aromatic rings. The molecule has 0 spiro atoms. The SMILES string of the molecule is Cc1cnc(-n2cnnn2)cn1. The van der Waals surface area contributed by atoms with Crippen LogP contribution in [0.3, 0.4) is 0 Å². The quantitative estimate of drug-likeness (QED) is 0.578. The van der Waals surface area contributed by atoms with Gasteiger partial charge in [-0.1, -0.05) is 0 Å². The van der Waals surface area contributed by atoms with E-state index in [1.165, 1.54) is 11.0 Å². The second-order valence-corrected chi connectivity index (χ2v) is 2.27. The molecule has 2 heterocycles. The smallest absolute Gasteiger partial charge is 0.175 e. The monoisotopic (exact) mass is 162 g/mol. The molecule has 0 aliphatic rings. The zero-order valence-corrected chi connectivity index (χ0v) is 6.42. The minimum Gasteiger partial charge on any atom is -0.256 e. The average molecular weight is 162 g/mol. The van der Waals surface area contributed by atoms with E-state index >= 15 is 0 Å². The van der Waals surface area contributed by atoms with Crippen LogP contribution in [0.2, 0.25) is 0 Å². The molecule has 2 rings (SSSR count). The molecule has 0 amide bonds. The molecule has 0 saturated carbocycles. The third kappa shape index (κ3) is 1.14. The van der Waals surface area contributed by atoms with Gasteiger partial charge in [0.2, 0.25) is 0 Å². The molecule has 0 unspecified atom stereocenters. The Bertz CT molecular complexity index is 350. The van der Waals surface area contributed by atoms with Crippen LogP contribution in [-0.4, -0.2) is 30.2 Å². The summed E-state index contributed by atoms with van der Waals surface area (Å²) < 4.78 is 1.45. The van der Waals surface area contributed by atoms with Crippen molar-refractivity contribution in [3.8, 4) is 5.82 Å². The van der Waals surface area contributed by atoms with Gasteiger partial charge in [0, 0.05) is 0 Å². The van der Waals surface area contributed by atoms with Gasteiger partial charge in [-0.3, -0.25) is 4.98 Å². The van der Waals surface area contributed by atoms with Crippen molar-refractivity contribution >= 4 is 0 Å². The lowest BCUT2D eigenvalue weighted by Crippen LogP contribution is -1.99. The van der Waals surface area contributed by atoms with Crippen molar-refractivity contribution in [1.82, 2.24) is 30.2 Å². The van der Waals surface area contributed by atoms with Gasteiger partial charge in [-0.05, 0) is 17.4 Å². The fourth-order valence-corrected chi connectivity index (χ4v) is 0.770. The number of nitrogens with zero attached hydrogens (tertiary/aromatic N) is 6. The largest absolute Gasteiger partial charge is 0.256 e. The molecule has 0 radical (unpaired) electrons. The number of hydrogen-bond acceptors (Lipinski definition) is 5. The lowest BCUT2D eigenvalue weighted by atomic mass is 10.5. The van der Waals surface area contributed by atoms with Crippen LogP contribution in [-0.2, 0) is 0 Å². The van der Waals surface area contributed by atoms with Crippen molar-refractivity contribution in [3.63, 3.8) is 0 Å². The topological polar surface area (TPSA) is 69.4 Å². The average Bonchev–Trinajstić information content (AvgIpc) is 2.58. The van der Waals surface area contributed by atoms with Gasteiger partial charge in [0.1, 0.15) is 6.33 Å². The van der Waals surface area contributed by atoms with E-state index in [1.807, 2.05) is 6.92 Å². The summed E-state index contributed by atoms with van der Waals surface area (Å²) in [4.78, 5) is 8.13. The van der Waals surface area contributed by atoms with Crippen LogP contribution in [0.4, 0.5) is 0 Å². The molecule has 0 fully saturated rings. The fourth-order valence-electron chi connectivity index (χ4n) is 0.770. The van der Waals surface area contributed by atoms with Crippen LogP contribution < -0.4 is 0 Å². The summed E-state index contributed by atoms with van der Waals surface area (Å²) in [6.45, 7) is 1.87. The van der Waals surface area contributed by atoms with Crippen molar-refractivity contribution in [2.75, 3.05) is 0 Å². The van der Waals surface area contributed by atoms with Gasteiger partial charge >= 0.3 is 0 Å². The van der Waals surface area contributed by atoms with Crippen molar-refractivity contribution in [2.45, 2.75) is 6.92 Å². The van der Waals surface area contributed by atoms with E-state index in [2.05, 4.69) is 25.5 Å². The maximum Gasteiger partial charge on any atom is 0.175 e. The standard InChI is InChI=1S/C6H6N6/c1-5-2-8-6(3-7-5)12-4-9-10-11-12/h2-4H,1H3. The highest BCUT2D eigenvalue weighted by Crippen LogP contribution is 1.97. The summed E-state index contributed by atoms with van der Waals surface area (Å²) in [7, 11) is 0. The van der Waals surface area contributed by atoms with E-state index in [9.17, 15) is 0 Å². The maximum atomic E-state index is 4.08. The zero-order valence-electron chi connectivity index (χ0n) is 6.42. The molecule has 6 nitrogen and oxygen atoms in total. The number of aromatic nitrogens is 6. The van der Waals surface area contributed by atoms with Gasteiger partial charge in [-0.25, -0.2) is 4.98 Å². The fraction of sp³-hybridized carbons (Fsp3) is 0.167. The maximum absolute atomic E-state index is 4.08. The van der Waals surface area contributed by atoms with E-state index in [4.69, 9.17) is 0 Å². The summed E-state index contributed by atoms with van der Waals surface area (Å²) in [5.41, 5.74) is 0.867. The Kier molecular flexibility index (Phi) is 1.51. The Morgan fingerprint density at radius 3 is 2.75 bits per heavy atom. The van der Waals surface area contributed by atoms with Gasteiger partial charge in [-0.15, -0.1) is 5.10 Å². The molecular formula is C6H6N6. The molecule has 0 bridgehead atoms. The molecule has 12 heavy (non-hydrogen) atoms. The van der Waals surface area contributed by atoms with Crippen LogP contribution in [0.25, 0.3) is 5.82 Å². The molecule has 2 aromatic heterocycles. The second-order valence-electron chi connectivity index (χ2n) is 2.27. The molecule has 0 aliphatic heterocycles. The van der Waals surface area contributed by atoms with Gasteiger partial charge in [0.25, 0.3) is 0 Å². The second kappa shape index (κ2) is 2.65. The van der Waals surface area contributed by atoms with Crippen LogP contribution in [0, 0.1) is 6.92 Å². The summed E-state index contributed by atoms with van der Waals surface area (Å²) in [6, 6.07) is 0. The lowest BCUT2D eigenvalue weighted by molar-refractivity contribution is 0.765. The Morgan fingerprint density at radius 1 is 1.25 bits per heavy atom. The third-order valence-corrected chi connectivity index (χ3v) is 1.35. The number of tetrazole rings is 1. The number of rotatable bonds is 1. The zero-order chi connectivity index (χ0) is 8.39. The van der Waals surface area contributed by atoms with Gasteiger partial charge < -0.3 is 0 Å². The van der Waals surface area contributed by atoms with Crippen molar-refractivity contribution < 1.29 is 0 Å². The first kappa shape index (κ1) is 6.84. The first-order valence-electron chi connectivity index (χ1n) is 3.38. The first-order chi connectivity index (χ1) is 5.86. The normalized spacial score (nSPS) is 10.1. The van der Waals surface area contributed by atoms with Crippen LogP contribution >= 0.6 is 0 Å². The predicted octanol–water partition coefficient (Wildman–Crippen LogP) is -0.239. The molecule has 0 aliphatic carbocycles. The van der Waals surface area contributed by atoms with Gasteiger partial charge in [0.05, 0.1) is 18.1 Å². The highest BCUT2D eigenvalue weighted by atomic mass is 15.5. The van der Waals surface area contributed by atoms with Gasteiger partial charge in [-0.2, -0.15) is 4.68 Å². The summed E-state index contributed by atoms with van der Waals surface area (Å²) in [6.07, 6.45) is 4.75. The molecule has 0 N–H and O–H groups in total. The van der Waals surface area contributed by atoms with Crippen LogP contribution in [0.1, 0.15) is 5.69 Å². The van der Waals surface area contributed by atoms with E-state index in [0.29, 0.717) is 5.82 Å². The Labute approximate surface area is 68.3 Å². The van der Waals surface area contributed by atoms with E-state index in [0.717, 1.165) is 5.69 Å². The van der Waals surface area contributed by atoms with E-state index in [1.54, 1.807) is 12.4 Å². The molecule has 6 heteroatoms. The van der Waals surface area contributed by atoms with Crippen molar-refractivity contribution in [2.24, 2.45) is 0 Å². The molecule has 0 saturated heterocycles. The van der Waals surface area contributed by atoms with E-state index < -0.39 is 0 Å². The Balaban J connectivity index is 2.43. The first-order valence-corrected chi connectivity index (χ1v) is 3.38. The minimum absolute atomic E-state index is 0.616. The Hall–Kier alpha value is -1.85. The molecular weight excluding hydrogens is 156 g/mol. The van der Waals surface area contributed by atoms with E-state index in [-0.39, 0.29) is 0 Å². The van der Waals surface area contributed by atoms with Crippen molar-refractivity contribution in [1.29, 1.82) is 0 Å². The highest BCUT2D eigenvalue weighted by molar-refractivity contribution is 5.14. The van der Waals surface area contributed by atoms with Gasteiger partial charge in [0.15, 0.2) is 5.82 Å². The lowest BCUT2D eigenvalue weighted by Gasteiger charge is -1.95. The minimum atomic E-state index is 0.616. The summed E-state index contributed by atoms with van der Waals surface area (Å²) in [5.74, 6) is 0.616. The number of aryl methyl sites for hydroxylation is 1.